The van der Waals surface area contributed by atoms with Crippen molar-refractivity contribution in [1.82, 2.24) is 0 Å². The van der Waals surface area contributed by atoms with Crippen molar-refractivity contribution in [2.75, 3.05) is 13.7 Å². The van der Waals surface area contributed by atoms with E-state index in [2.05, 4.69) is 64.1 Å². The molecule has 0 saturated carbocycles. The Morgan fingerprint density at radius 1 is 1.16 bits per heavy atom. The molecule has 1 aromatic heterocycles. The van der Waals surface area contributed by atoms with Crippen molar-refractivity contribution in [2.45, 2.75) is 66.8 Å². The summed E-state index contributed by atoms with van der Waals surface area (Å²) in [4.78, 5) is 2.60. The second-order valence-corrected chi connectivity index (χ2v) is 10.3. The number of benzene rings is 1. The first-order valence-corrected chi connectivity index (χ1v) is 10.5. The number of rotatable bonds is 4. The van der Waals surface area contributed by atoms with Crippen LogP contribution in [0.25, 0.3) is 0 Å². The highest BCUT2D eigenvalue weighted by atomic mass is 32.2. The van der Waals surface area contributed by atoms with Crippen LogP contribution in [0.4, 0.5) is 0 Å². The molecule has 1 aliphatic heterocycles. The summed E-state index contributed by atoms with van der Waals surface area (Å²) in [5.74, 6) is 0. The van der Waals surface area contributed by atoms with Crippen molar-refractivity contribution < 1.29 is 9.47 Å². The fraction of sp³-hybridized carbons (Fsp3) is 0.524. The van der Waals surface area contributed by atoms with Crippen LogP contribution in [-0.2, 0) is 20.5 Å². The molecule has 0 N–H and O–H groups in total. The molecule has 2 aromatic rings. The Balaban J connectivity index is 1.75. The zero-order chi connectivity index (χ0) is 18.1. The Kier molecular flexibility index (Phi) is 5.64. The lowest BCUT2D eigenvalue weighted by atomic mass is 9.87. The molecule has 0 amide bonds. The van der Waals surface area contributed by atoms with Gasteiger partial charge in [0.15, 0.2) is 0 Å². The summed E-state index contributed by atoms with van der Waals surface area (Å²) < 4.78 is 13.0. The van der Waals surface area contributed by atoms with Crippen LogP contribution >= 0.6 is 23.1 Å². The van der Waals surface area contributed by atoms with Crippen LogP contribution in [0.15, 0.2) is 45.5 Å². The summed E-state index contributed by atoms with van der Waals surface area (Å²) >= 11 is 3.69. The Morgan fingerprint density at radius 3 is 2.48 bits per heavy atom. The van der Waals surface area contributed by atoms with Crippen molar-refractivity contribution >= 4 is 23.1 Å². The fourth-order valence-corrected chi connectivity index (χ4v) is 5.63. The number of hydrogen-bond donors (Lipinski definition) is 0. The van der Waals surface area contributed by atoms with Gasteiger partial charge in [0.2, 0.25) is 0 Å². The quantitative estimate of drug-likeness (QED) is 0.629. The molecule has 2 heterocycles. The minimum Gasteiger partial charge on any atom is -0.378 e. The van der Waals surface area contributed by atoms with E-state index in [-0.39, 0.29) is 17.1 Å². The zero-order valence-electron chi connectivity index (χ0n) is 15.8. The molecule has 0 spiro atoms. The van der Waals surface area contributed by atoms with Gasteiger partial charge in [0.25, 0.3) is 0 Å². The predicted octanol–water partition coefficient (Wildman–Crippen LogP) is 6.24. The van der Waals surface area contributed by atoms with Crippen LogP contribution in [0.1, 0.15) is 51.0 Å². The van der Waals surface area contributed by atoms with E-state index in [1.807, 2.05) is 30.2 Å². The lowest BCUT2D eigenvalue weighted by Gasteiger charge is -2.38. The van der Waals surface area contributed by atoms with Gasteiger partial charge in [0, 0.05) is 29.7 Å². The molecular formula is C21H28O2S2. The Hall–Kier alpha value is -0.810. The van der Waals surface area contributed by atoms with Gasteiger partial charge >= 0.3 is 0 Å². The van der Waals surface area contributed by atoms with Gasteiger partial charge in [-0.1, -0.05) is 44.7 Å². The molecule has 0 bridgehead atoms. The molecule has 136 valence electrons. The Labute approximate surface area is 159 Å². The molecule has 3 rings (SSSR count). The van der Waals surface area contributed by atoms with Crippen LogP contribution in [-0.4, -0.2) is 19.8 Å². The van der Waals surface area contributed by atoms with E-state index >= 15 is 0 Å². The van der Waals surface area contributed by atoms with Crippen LogP contribution in [0, 0.1) is 0 Å². The van der Waals surface area contributed by atoms with Gasteiger partial charge in [-0.05, 0) is 42.2 Å². The maximum atomic E-state index is 5.97. The number of ether oxygens (including phenoxy) is 2. The van der Waals surface area contributed by atoms with E-state index in [9.17, 15) is 0 Å². The molecule has 1 aliphatic rings. The van der Waals surface area contributed by atoms with Crippen molar-refractivity contribution in [1.29, 1.82) is 0 Å². The lowest BCUT2D eigenvalue weighted by Crippen LogP contribution is -2.38. The van der Waals surface area contributed by atoms with E-state index < -0.39 is 0 Å². The Bertz CT molecular complexity index is 699. The maximum absolute atomic E-state index is 5.97. The van der Waals surface area contributed by atoms with E-state index in [0.29, 0.717) is 0 Å². The largest absolute Gasteiger partial charge is 0.378 e. The van der Waals surface area contributed by atoms with Crippen LogP contribution in [0.2, 0.25) is 0 Å². The van der Waals surface area contributed by atoms with Crippen molar-refractivity contribution in [3.8, 4) is 0 Å². The highest BCUT2D eigenvalue weighted by Crippen LogP contribution is 2.44. The topological polar surface area (TPSA) is 18.5 Å². The standard InChI is InChI=1S/C21H28O2S2/c1-15-14-21(22-5,12-13-23-15)18-10-11-19(25-18)24-17-8-6-16(7-9-17)20(2,3)4/h6-11,15H,12-14H2,1-5H3. The second-order valence-electron chi connectivity index (χ2n) is 7.83. The molecule has 1 aromatic carbocycles. The summed E-state index contributed by atoms with van der Waals surface area (Å²) in [5.41, 5.74) is 1.39. The monoisotopic (exact) mass is 376 g/mol. The molecule has 4 heteroatoms. The van der Waals surface area contributed by atoms with Crippen molar-refractivity contribution in [2.24, 2.45) is 0 Å². The molecule has 25 heavy (non-hydrogen) atoms. The van der Waals surface area contributed by atoms with Gasteiger partial charge in [-0.3, -0.25) is 0 Å². The summed E-state index contributed by atoms with van der Waals surface area (Å²) in [5, 5.41) is 0. The van der Waals surface area contributed by atoms with Crippen molar-refractivity contribution in [3.63, 3.8) is 0 Å². The van der Waals surface area contributed by atoms with Crippen molar-refractivity contribution in [3.05, 3.63) is 46.8 Å². The summed E-state index contributed by atoms with van der Waals surface area (Å²) in [6, 6.07) is 13.4. The highest BCUT2D eigenvalue weighted by molar-refractivity contribution is 8.01. The predicted molar refractivity (Wildman–Crippen MR) is 107 cm³/mol. The molecule has 2 unspecified atom stereocenters. The highest BCUT2D eigenvalue weighted by Gasteiger charge is 2.38. The minimum atomic E-state index is -0.183. The minimum absolute atomic E-state index is 0.183. The van der Waals surface area contributed by atoms with Gasteiger partial charge < -0.3 is 9.47 Å². The third-order valence-corrected chi connectivity index (χ3v) is 7.30. The third kappa shape index (κ3) is 4.30. The van der Waals surface area contributed by atoms with Gasteiger partial charge in [0.05, 0.1) is 16.9 Å². The van der Waals surface area contributed by atoms with E-state index in [1.165, 1.54) is 19.5 Å². The number of hydrogen-bond acceptors (Lipinski definition) is 4. The molecule has 0 radical (unpaired) electrons. The van der Waals surface area contributed by atoms with Crippen LogP contribution < -0.4 is 0 Å². The SMILES string of the molecule is COC1(c2ccc(Sc3ccc(C(C)(C)C)cc3)s2)CCOC(C)C1. The first-order valence-electron chi connectivity index (χ1n) is 8.88. The average Bonchev–Trinajstić information content (AvgIpc) is 3.03. The fourth-order valence-electron chi connectivity index (χ4n) is 3.32. The molecule has 1 fully saturated rings. The summed E-state index contributed by atoms with van der Waals surface area (Å²) in [6.07, 6.45) is 2.10. The molecule has 1 saturated heterocycles. The van der Waals surface area contributed by atoms with E-state index in [1.54, 1.807) is 0 Å². The smallest absolute Gasteiger partial charge is 0.107 e. The van der Waals surface area contributed by atoms with Gasteiger partial charge in [-0.2, -0.15) is 0 Å². The first kappa shape index (κ1) is 19.0. The van der Waals surface area contributed by atoms with Crippen LogP contribution in [0.3, 0.4) is 0 Å². The first-order chi connectivity index (χ1) is 11.8. The number of thiophene rings is 1. The molecule has 2 atom stereocenters. The normalized spacial score (nSPS) is 24.4. The number of methoxy groups -OCH3 is 1. The summed E-state index contributed by atoms with van der Waals surface area (Å²) in [7, 11) is 1.83. The second kappa shape index (κ2) is 7.43. The van der Waals surface area contributed by atoms with Gasteiger partial charge in [0.1, 0.15) is 5.60 Å². The summed E-state index contributed by atoms with van der Waals surface area (Å²) in [6.45, 7) is 9.65. The Morgan fingerprint density at radius 2 is 1.88 bits per heavy atom. The average molecular weight is 377 g/mol. The van der Waals surface area contributed by atoms with E-state index in [0.717, 1.165) is 19.4 Å². The van der Waals surface area contributed by atoms with Gasteiger partial charge in [-0.25, -0.2) is 0 Å². The van der Waals surface area contributed by atoms with Crippen LogP contribution in [0.5, 0.6) is 0 Å². The molecule has 2 nitrogen and oxygen atoms in total. The van der Waals surface area contributed by atoms with Gasteiger partial charge in [-0.15, -0.1) is 11.3 Å². The molecule has 0 aliphatic carbocycles. The third-order valence-electron chi connectivity index (χ3n) is 4.89. The zero-order valence-corrected chi connectivity index (χ0v) is 17.4. The van der Waals surface area contributed by atoms with E-state index in [4.69, 9.17) is 9.47 Å². The lowest BCUT2D eigenvalue weighted by molar-refractivity contribution is -0.120. The molecular weight excluding hydrogens is 348 g/mol. The maximum Gasteiger partial charge on any atom is 0.107 e.